The van der Waals surface area contributed by atoms with Crippen molar-refractivity contribution in [1.29, 1.82) is 5.26 Å². The summed E-state index contributed by atoms with van der Waals surface area (Å²) in [4.78, 5) is 24.8. The second-order valence-corrected chi connectivity index (χ2v) is 2.98. The van der Waals surface area contributed by atoms with Crippen LogP contribution in [-0.2, 0) is 9.59 Å². The van der Waals surface area contributed by atoms with Crippen molar-refractivity contribution in [3.63, 3.8) is 0 Å². The molecule has 0 aliphatic carbocycles. The molecule has 0 aliphatic heterocycles. The molecule has 0 saturated carbocycles. The van der Waals surface area contributed by atoms with Gasteiger partial charge in [0.25, 0.3) is 0 Å². The van der Waals surface area contributed by atoms with Crippen molar-refractivity contribution < 1.29 is 14.7 Å². The molecule has 0 heterocycles. The number of aliphatic carboxylic acids is 1. The Kier molecular flexibility index (Phi) is 5.71. The van der Waals surface area contributed by atoms with E-state index in [9.17, 15) is 9.59 Å². The number of amides is 1. The zero-order chi connectivity index (χ0) is 11.8. The molecule has 1 atom stereocenters. The predicted octanol–water partition coefficient (Wildman–Crippen LogP) is -0.0628. The number of primary amides is 1. The summed E-state index contributed by atoms with van der Waals surface area (Å²) < 4.78 is 0. The third kappa shape index (κ3) is 5.41. The van der Waals surface area contributed by atoms with Gasteiger partial charge in [0.05, 0.1) is 6.07 Å². The van der Waals surface area contributed by atoms with Gasteiger partial charge in [0, 0.05) is 18.7 Å². The van der Waals surface area contributed by atoms with E-state index in [1.165, 1.54) is 6.92 Å². The second kappa shape index (κ2) is 6.54. The fourth-order valence-electron chi connectivity index (χ4n) is 0.940. The number of aliphatic imine (C=N–C) groups is 1. The molecule has 6 nitrogen and oxygen atoms in total. The number of nitrogens with two attached hydrogens (primary N) is 1. The summed E-state index contributed by atoms with van der Waals surface area (Å²) in [7, 11) is 0. The van der Waals surface area contributed by atoms with E-state index >= 15 is 0 Å². The van der Waals surface area contributed by atoms with Gasteiger partial charge in [-0.05, 0) is 13.3 Å². The normalized spacial score (nSPS) is 12.9. The monoisotopic (exact) mass is 211 g/mol. The fraction of sp³-hybridized carbons (Fsp3) is 0.556. The van der Waals surface area contributed by atoms with Crippen LogP contribution in [0.3, 0.4) is 0 Å². The number of rotatable bonds is 6. The highest BCUT2D eigenvalue weighted by molar-refractivity contribution is 6.04. The number of nitrogens with zero attached hydrogens (tertiary/aromatic N) is 2. The average molecular weight is 211 g/mol. The van der Waals surface area contributed by atoms with E-state index in [4.69, 9.17) is 16.1 Å². The van der Waals surface area contributed by atoms with Crippen molar-refractivity contribution in [2.75, 3.05) is 6.54 Å². The first-order valence-electron chi connectivity index (χ1n) is 4.40. The lowest BCUT2D eigenvalue weighted by Crippen LogP contribution is -2.27. The van der Waals surface area contributed by atoms with E-state index < -0.39 is 17.8 Å². The van der Waals surface area contributed by atoms with Crippen molar-refractivity contribution in [2.24, 2.45) is 16.6 Å². The minimum Gasteiger partial charge on any atom is -0.481 e. The molecule has 82 valence electrons. The van der Waals surface area contributed by atoms with Gasteiger partial charge in [-0.1, -0.05) is 0 Å². The molecule has 0 aromatic carbocycles. The number of hydrogen-bond donors (Lipinski definition) is 2. The molecule has 0 bridgehead atoms. The maximum atomic E-state index is 10.7. The van der Waals surface area contributed by atoms with E-state index in [1.54, 1.807) is 6.07 Å². The van der Waals surface area contributed by atoms with Crippen LogP contribution in [0.15, 0.2) is 4.99 Å². The molecule has 0 spiro atoms. The van der Waals surface area contributed by atoms with Crippen LogP contribution < -0.4 is 5.73 Å². The van der Waals surface area contributed by atoms with Crippen LogP contribution in [0, 0.1) is 17.2 Å². The fourth-order valence-corrected chi connectivity index (χ4v) is 0.940. The van der Waals surface area contributed by atoms with Crippen LogP contribution in [0.4, 0.5) is 0 Å². The predicted molar refractivity (Wildman–Crippen MR) is 53.1 cm³/mol. The van der Waals surface area contributed by atoms with E-state index in [1.807, 2.05) is 0 Å². The number of hydrogen-bond acceptors (Lipinski definition) is 4. The SMILES string of the molecule is CC(=NCCCC(=O)O)C(C#N)C(N)=O. The van der Waals surface area contributed by atoms with Gasteiger partial charge in [-0.3, -0.25) is 14.6 Å². The van der Waals surface area contributed by atoms with Crippen molar-refractivity contribution in [2.45, 2.75) is 19.8 Å². The van der Waals surface area contributed by atoms with E-state index in [-0.39, 0.29) is 13.0 Å². The topological polar surface area (TPSA) is 117 Å². The van der Waals surface area contributed by atoms with E-state index in [0.717, 1.165) is 0 Å². The average Bonchev–Trinajstić information content (AvgIpc) is 2.12. The quantitative estimate of drug-likeness (QED) is 0.472. The van der Waals surface area contributed by atoms with Gasteiger partial charge >= 0.3 is 5.97 Å². The lowest BCUT2D eigenvalue weighted by atomic mass is 10.1. The lowest BCUT2D eigenvalue weighted by Gasteiger charge is -2.03. The highest BCUT2D eigenvalue weighted by Gasteiger charge is 2.17. The van der Waals surface area contributed by atoms with Crippen LogP contribution in [0.5, 0.6) is 0 Å². The van der Waals surface area contributed by atoms with Gasteiger partial charge in [0.2, 0.25) is 5.91 Å². The van der Waals surface area contributed by atoms with Gasteiger partial charge in [-0.15, -0.1) is 0 Å². The Morgan fingerprint density at radius 1 is 1.60 bits per heavy atom. The standard InChI is InChI=1S/C9H13N3O3/c1-6(7(5-10)9(11)15)12-4-2-3-8(13)14/h7H,2-4H2,1H3,(H2,11,15)(H,13,14). The summed E-state index contributed by atoms with van der Waals surface area (Å²) in [5, 5.41) is 16.9. The van der Waals surface area contributed by atoms with Crippen molar-refractivity contribution in [3.8, 4) is 6.07 Å². The Bertz CT molecular complexity index is 317. The molecule has 0 aromatic rings. The molecular weight excluding hydrogens is 198 g/mol. The van der Waals surface area contributed by atoms with Crippen LogP contribution in [0.25, 0.3) is 0 Å². The van der Waals surface area contributed by atoms with Crippen LogP contribution in [-0.4, -0.2) is 29.2 Å². The first-order valence-corrected chi connectivity index (χ1v) is 4.40. The Hall–Kier alpha value is -1.90. The maximum Gasteiger partial charge on any atom is 0.303 e. The van der Waals surface area contributed by atoms with Crippen LogP contribution >= 0.6 is 0 Å². The highest BCUT2D eigenvalue weighted by atomic mass is 16.4. The highest BCUT2D eigenvalue weighted by Crippen LogP contribution is 1.99. The molecule has 0 saturated heterocycles. The summed E-state index contributed by atoms with van der Waals surface area (Å²) in [6, 6.07) is 1.73. The lowest BCUT2D eigenvalue weighted by molar-refractivity contribution is -0.137. The Morgan fingerprint density at radius 3 is 2.60 bits per heavy atom. The second-order valence-electron chi connectivity index (χ2n) is 2.98. The van der Waals surface area contributed by atoms with E-state index in [2.05, 4.69) is 4.99 Å². The molecule has 0 radical (unpaired) electrons. The first-order chi connectivity index (χ1) is 6.99. The van der Waals surface area contributed by atoms with Crippen LogP contribution in [0.2, 0.25) is 0 Å². The Morgan fingerprint density at radius 2 is 2.20 bits per heavy atom. The molecule has 15 heavy (non-hydrogen) atoms. The molecule has 6 heteroatoms. The summed E-state index contributed by atoms with van der Waals surface area (Å²) in [5.74, 6) is -2.65. The van der Waals surface area contributed by atoms with Crippen molar-refractivity contribution in [1.82, 2.24) is 0 Å². The number of carboxylic acid groups (broad SMARTS) is 1. The third-order valence-electron chi connectivity index (χ3n) is 1.74. The van der Waals surface area contributed by atoms with Gasteiger partial charge in [-0.25, -0.2) is 0 Å². The number of nitriles is 1. The van der Waals surface area contributed by atoms with Gasteiger partial charge < -0.3 is 10.8 Å². The minimum atomic E-state index is -1.02. The maximum absolute atomic E-state index is 10.7. The van der Waals surface area contributed by atoms with Gasteiger partial charge in [0.15, 0.2) is 5.92 Å². The molecule has 3 N–H and O–H groups in total. The molecule has 0 aromatic heterocycles. The van der Waals surface area contributed by atoms with Gasteiger partial charge in [-0.2, -0.15) is 5.26 Å². The summed E-state index contributed by atoms with van der Waals surface area (Å²) in [6.07, 6.45) is 0.397. The zero-order valence-electron chi connectivity index (χ0n) is 8.43. The summed E-state index contributed by atoms with van der Waals surface area (Å²) in [6.45, 7) is 1.81. The smallest absolute Gasteiger partial charge is 0.303 e. The largest absolute Gasteiger partial charge is 0.481 e. The number of carbonyl (C=O) groups is 2. The first kappa shape index (κ1) is 13.1. The van der Waals surface area contributed by atoms with Crippen molar-refractivity contribution >= 4 is 17.6 Å². The van der Waals surface area contributed by atoms with Gasteiger partial charge in [0.1, 0.15) is 0 Å². The molecule has 1 amide bonds. The molecule has 0 aliphatic rings. The third-order valence-corrected chi connectivity index (χ3v) is 1.74. The van der Waals surface area contributed by atoms with Crippen molar-refractivity contribution in [3.05, 3.63) is 0 Å². The Labute approximate surface area is 87.4 Å². The molecule has 1 unspecified atom stereocenters. The number of carboxylic acids is 1. The zero-order valence-corrected chi connectivity index (χ0v) is 8.43. The molecular formula is C9H13N3O3. The van der Waals surface area contributed by atoms with Crippen LogP contribution in [0.1, 0.15) is 19.8 Å². The number of carbonyl (C=O) groups excluding carboxylic acids is 1. The summed E-state index contributed by atoms with van der Waals surface area (Å²) in [5.41, 5.74) is 5.29. The Balaban J connectivity index is 4.13. The molecule has 0 fully saturated rings. The minimum absolute atomic E-state index is 0.0184. The van der Waals surface area contributed by atoms with E-state index in [0.29, 0.717) is 12.1 Å². The molecule has 0 rings (SSSR count). The summed E-state index contributed by atoms with van der Waals surface area (Å²) >= 11 is 0.